The highest BCUT2D eigenvalue weighted by Gasteiger charge is 2.57. The molecule has 1 heterocycles. The molecule has 92 valence electrons. The lowest BCUT2D eigenvalue weighted by molar-refractivity contribution is 0.0856. The molecule has 0 amide bonds. The van der Waals surface area contributed by atoms with Gasteiger partial charge in [-0.25, -0.2) is 8.78 Å². The maximum Gasteiger partial charge on any atom is 0.255 e. The molecular weight excluding hydrogens is 224 g/mol. The van der Waals surface area contributed by atoms with Crippen molar-refractivity contribution in [2.45, 2.75) is 25.3 Å². The van der Waals surface area contributed by atoms with Gasteiger partial charge in [-0.15, -0.1) is 0 Å². The van der Waals surface area contributed by atoms with Gasteiger partial charge in [0.2, 0.25) is 0 Å². The molecule has 1 N–H and O–H groups in total. The van der Waals surface area contributed by atoms with Crippen LogP contribution in [0, 0.1) is 5.92 Å². The summed E-state index contributed by atoms with van der Waals surface area (Å²) in [6, 6.07) is 5.87. The van der Waals surface area contributed by atoms with Crippen molar-refractivity contribution in [3.63, 3.8) is 0 Å². The molecule has 1 aliphatic carbocycles. The van der Waals surface area contributed by atoms with Gasteiger partial charge >= 0.3 is 0 Å². The minimum absolute atomic E-state index is 0.0259. The molecule has 1 atom stereocenters. The summed E-state index contributed by atoms with van der Waals surface area (Å²) in [6.07, 6.45) is 0.952. The Labute approximate surface area is 99.0 Å². The molecule has 2 nitrogen and oxygen atoms in total. The molecule has 4 heteroatoms. The zero-order chi connectivity index (χ0) is 11.9. The third-order valence-corrected chi connectivity index (χ3v) is 3.47. The molecule has 1 aromatic carbocycles. The molecule has 0 aromatic heterocycles. The fourth-order valence-electron chi connectivity index (χ4n) is 2.19. The van der Waals surface area contributed by atoms with E-state index in [4.69, 9.17) is 4.74 Å². The van der Waals surface area contributed by atoms with Crippen LogP contribution in [-0.4, -0.2) is 19.1 Å². The van der Waals surface area contributed by atoms with Gasteiger partial charge in [0.25, 0.3) is 5.92 Å². The average Bonchev–Trinajstić information content (AvgIpc) is 2.94. The highest BCUT2D eigenvalue weighted by molar-refractivity contribution is 5.37. The van der Waals surface area contributed by atoms with E-state index in [1.54, 1.807) is 0 Å². The van der Waals surface area contributed by atoms with Gasteiger partial charge in [0.05, 0.1) is 12.5 Å². The van der Waals surface area contributed by atoms with Crippen LogP contribution in [0.25, 0.3) is 0 Å². The third-order valence-electron chi connectivity index (χ3n) is 3.47. The van der Waals surface area contributed by atoms with E-state index in [1.165, 1.54) is 11.1 Å². The number of benzene rings is 1. The maximum absolute atomic E-state index is 12.7. The fourth-order valence-corrected chi connectivity index (χ4v) is 2.19. The molecule has 1 aromatic rings. The number of halogens is 2. The lowest BCUT2D eigenvalue weighted by Crippen LogP contribution is -2.23. The Morgan fingerprint density at radius 3 is 2.94 bits per heavy atom. The Bertz CT molecular complexity index is 433. The lowest BCUT2D eigenvalue weighted by atomic mass is 10.0. The Hall–Kier alpha value is -1.16. The highest BCUT2D eigenvalue weighted by atomic mass is 19.3. The lowest BCUT2D eigenvalue weighted by Gasteiger charge is -2.18. The van der Waals surface area contributed by atoms with Gasteiger partial charge in [0, 0.05) is 13.0 Å². The largest absolute Gasteiger partial charge is 0.493 e. The molecule has 2 aliphatic rings. The van der Waals surface area contributed by atoms with Crippen LogP contribution in [0.1, 0.15) is 17.5 Å². The van der Waals surface area contributed by atoms with E-state index in [2.05, 4.69) is 5.32 Å². The molecule has 0 bridgehead atoms. The fraction of sp³-hybridized carbons (Fsp3) is 0.538. The van der Waals surface area contributed by atoms with Crippen molar-refractivity contribution in [1.29, 1.82) is 0 Å². The number of hydrogen-bond acceptors (Lipinski definition) is 2. The van der Waals surface area contributed by atoms with Crippen molar-refractivity contribution in [1.82, 2.24) is 5.32 Å². The molecule has 1 unspecified atom stereocenters. The Kier molecular flexibility index (Phi) is 2.54. The molecular formula is C13H15F2NO. The first kappa shape index (κ1) is 11.0. The first-order chi connectivity index (χ1) is 8.15. The second kappa shape index (κ2) is 3.95. The van der Waals surface area contributed by atoms with E-state index in [0.717, 1.165) is 19.5 Å². The Morgan fingerprint density at radius 1 is 1.35 bits per heavy atom. The van der Waals surface area contributed by atoms with E-state index in [-0.39, 0.29) is 13.0 Å². The summed E-state index contributed by atoms with van der Waals surface area (Å²) in [5.74, 6) is -2.36. The van der Waals surface area contributed by atoms with Crippen LogP contribution in [0.2, 0.25) is 0 Å². The highest BCUT2D eigenvalue weighted by Crippen LogP contribution is 2.48. The van der Waals surface area contributed by atoms with E-state index < -0.39 is 11.8 Å². The van der Waals surface area contributed by atoms with Gasteiger partial charge in [0.1, 0.15) is 5.75 Å². The van der Waals surface area contributed by atoms with Crippen molar-refractivity contribution in [3.05, 3.63) is 29.3 Å². The summed E-state index contributed by atoms with van der Waals surface area (Å²) < 4.78 is 30.8. The van der Waals surface area contributed by atoms with E-state index in [1.807, 2.05) is 18.2 Å². The summed E-state index contributed by atoms with van der Waals surface area (Å²) in [5, 5.41) is 3.29. The molecule has 0 spiro atoms. The van der Waals surface area contributed by atoms with Gasteiger partial charge in [-0.2, -0.15) is 0 Å². The van der Waals surface area contributed by atoms with Gasteiger partial charge < -0.3 is 10.1 Å². The summed E-state index contributed by atoms with van der Waals surface area (Å²) in [7, 11) is 0. The van der Waals surface area contributed by atoms with Crippen LogP contribution in [-0.2, 0) is 13.0 Å². The topological polar surface area (TPSA) is 21.3 Å². The van der Waals surface area contributed by atoms with Crippen molar-refractivity contribution >= 4 is 0 Å². The Morgan fingerprint density at radius 2 is 2.18 bits per heavy atom. The first-order valence-electron chi connectivity index (χ1n) is 5.98. The Balaban J connectivity index is 1.64. The monoisotopic (exact) mass is 239 g/mol. The second-order valence-corrected chi connectivity index (χ2v) is 4.83. The number of nitrogens with one attached hydrogen (secondary N) is 1. The van der Waals surface area contributed by atoms with Gasteiger partial charge in [0.15, 0.2) is 0 Å². The normalized spacial score (nSPS) is 25.2. The predicted molar refractivity (Wildman–Crippen MR) is 60.4 cm³/mol. The summed E-state index contributed by atoms with van der Waals surface area (Å²) in [5.41, 5.74) is 2.55. The molecule has 1 saturated carbocycles. The van der Waals surface area contributed by atoms with E-state index >= 15 is 0 Å². The standard InChI is InChI=1S/C13H15F2NO/c14-13(15)6-11(13)8-17-12-2-1-10-7-16-4-3-9(10)5-12/h1-2,5,11,16H,3-4,6-8H2. The van der Waals surface area contributed by atoms with Gasteiger partial charge in [-0.05, 0) is 36.2 Å². The number of fused-ring (bicyclic) bond motifs is 1. The number of ether oxygens (including phenoxy) is 1. The molecule has 1 aliphatic heterocycles. The van der Waals surface area contributed by atoms with Crippen molar-refractivity contribution in [2.24, 2.45) is 5.92 Å². The molecule has 0 saturated heterocycles. The van der Waals surface area contributed by atoms with Crippen LogP contribution >= 0.6 is 0 Å². The van der Waals surface area contributed by atoms with Crippen LogP contribution in [0.4, 0.5) is 8.78 Å². The van der Waals surface area contributed by atoms with Crippen molar-refractivity contribution in [3.8, 4) is 5.75 Å². The van der Waals surface area contributed by atoms with Crippen LogP contribution in [0.15, 0.2) is 18.2 Å². The number of hydrogen-bond donors (Lipinski definition) is 1. The average molecular weight is 239 g/mol. The summed E-state index contributed by atoms with van der Waals surface area (Å²) >= 11 is 0. The van der Waals surface area contributed by atoms with Crippen molar-refractivity contribution in [2.75, 3.05) is 13.2 Å². The quantitative estimate of drug-likeness (QED) is 0.874. The molecule has 1 fully saturated rings. The zero-order valence-corrected chi connectivity index (χ0v) is 9.51. The smallest absolute Gasteiger partial charge is 0.255 e. The number of alkyl halides is 2. The second-order valence-electron chi connectivity index (χ2n) is 4.83. The van der Waals surface area contributed by atoms with Gasteiger partial charge in [-0.3, -0.25) is 0 Å². The first-order valence-corrected chi connectivity index (χ1v) is 5.98. The zero-order valence-electron chi connectivity index (χ0n) is 9.51. The third kappa shape index (κ3) is 2.27. The molecule has 17 heavy (non-hydrogen) atoms. The molecule has 3 rings (SSSR count). The predicted octanol–water partition coefficient (Wildman–Crippen LogP) is 2.37. The summed E-state index contributed by atoms with van der Waals surface area (Å²) in [4.78, 5) is 0. The van der Waals surface area contributed by atoms with E-state index in [0.29, 0.717) is 5.75 Å². The summed E-state index contributed by atoms with van der Waals surface area (Å²) in [6.45, 7) is 1.98. The van der Waals surface area contributed by atoms with Crippen LogP contribution < -0.4 is 10.1 Å². The van der Waals surface area contributed by atoms with Crippen molar-refractivity contribution < 1.29 is 13.5 Å². The SMILES string of the molecule is FC1(F)CC1COc1ccc2c(c1)CCNC2. The maximum atomic E-state index is 12.7. The number of rotatable bonds is 3. The van der Waals surface area contributed by atoms with Crippen LogP contribution in [0.5, 0.6) is 5.75 Å². The molecule has 0 radical (unpaired) electrons. The van der Waals surface area contributed by atoms with E-state index in [9.17, 15) is 8.78 Å². The minimum atomic E-state index is -2.49. The van der Waals surface area contributed by atoms with Gasteiger partial charge in [-0.1, -0.05) is 6.07 Å². The van der Waals surface area contributed by atoms with Crippen LogP contribution in [0.3, 0.4) is 0 Å². The minimum Gasteiger partial charge on any atom is -0.493 e.